The van der Waals surface area contributed by atoms with Crippen LogP contribution in [0, 0.1) is 0 Å². The average molecular weight is 341 g/mol. The van der Waals surface area contributed by atoms with Crippen LogP contribution >= 0.6 is 0 Å². The van der Waals surface area contributed by atoms with Crippen molar-refractivity contribution in [2.75, 3.05) is 33.8 Å². The van der Waals surface area contributed by atoms with Gasteiger partial charge in [0.25, 0.3) is 10.2 Å². The van der Waals surface area contributed by atoms with Crippen molar-refractivity contribution in [3.05, 3.63) is 30.1 Å². The molecule has 8 heteroatoms. The second-order valence-electron chi connectivity index (χ2n) is 6.33. The lowest BCUT2D eigenvalue weighted by molar-refractivity contribution is 0.00218. The molecule has 128 valence electrons. The first-order valence-corrected chi connectivity index (χ1v) is 9.14. The third-order valence-electron chi connectivity index (χ3n) is 4.44. The SMILES string of the molecule is CN(C)S(=O)(=O)N1CC[C@]2(C[C@@H](OCc3ccccn3)CO2)C1. The van der Waals surface area contributed by atoms with Gasteiger partial charge in [0.05, 0.1) is 30.6 Å². The Morgan fingerprint density at radius 2 is 2.30 bits per heavy atom. The molecule has 23 heavy (non-hydrogen) atoms. The average Bonchev–Trinajstić information content (AvgIpc) is 3.14. The minimum atomic E-state index is -3.38. The van der Waals surface area contributed by atoms with Crippen molar-refractivity contribution in [1.82, 2.24) is 13.6 Å². The van der Waals surface area contributed by atoms with Crippen LogP contribution in [0.1, 0.15) is 18.5 Å². The van der Waals surface area contributed by atoms with Crippen molar-refractivity contribution in [2.45, 2.75) is 31.2 Å². The first-order chi connectivity index (χ1) is 10.9. The quantitative estimate of drug-likeness (QED) is 0.786. The van der Waals surface area contributed by atoms with Gasteiger partial charge < -0.3 is 9.47 Å². The monoisotopic (exact) mass is 341 g/mol. The first kappa shape index (κ1) is 16.8. The van der Waals surface area contributed by atoms with Crippen LogP contribution in [0.2, 0.25) is 0 Å². The highest BCUT2D eigenvalue weighted by Gasteiger charge is 2.49. The van der Waals surface area contributed by atoms with Gasteiger partial charge in [-0.2, -0.15) is 17.0 Å². The Kier molecular flexibility index (Phi) is 4.70. The second-order valence-corrected chi connectivity index (χ2v) is 8.47. The number of pyridine rings is 1. The molecule has 1 spiro atoms. The number of hydrogen-bond donors (Lipinski definition) is 0. The van der Waals surface area contributed by atoms with E-state index in [1.165, 1.54) is 8.61 Å². The summed E-state index contributed by atoms with van der Waals surface area (Å²) in [5.74, 6) is 0. The highest BCUT2D eigenvalue weighted by Crippen LogP contribution is 2.37. The molecular formula is C15H23N3O4S. The van der Waals surface area contributed by atoms with Crippen molar-refractivity contribution < 1.29 is 17.9 Å². The van der Waals surface area contributed by atoms with Crippen LogP contribution in [0.15, 0.2) is 24.4 Å². The zero-order valence-electron chi connectivity index (χ0n) is 13.5. The minimum Gasteiger partial charge on any atom is -0.371 e. The molecule has 0 bridgehead atoms. The largest absolute Gasteiger partial charge is 0.371 e. The van der Waals surface area contributed by atoms with Gasteiger partial charge >= 0.3 is 0 Å². The maximum Gasteiger partial charge on any atom is 0.281 e. The Morgan fingerprint density at radius 1 is 1.48 bits per heavy atom. The Hall–Kier alpha value is -1.06. The van der Waals surface area contributed by atoms with Gasteiger partial charge in [-0.15, -0.1) is 0 Å². The molecule has 2 aliphatic rings. The molecule has 0 aliphatic carbocycles. The van der Waals surface area contributed by atoms with Crippen LogP contribution in [-0.2, 0) is 26.3 Å². The lowest BCUT2D eigenvalue weighted by Crippen LogP contribution is -2.41. The summed E-state index contributed by atoms with van der Waals surface area (Å²) in [4.78, 5) is 4.23. The molecule has 2 aliphatic heterocycles. The molecule has 0 saturated carbocycles. The van der Waals surface area contributed by atoms with Crippen molar-refractivity contribution >= 4 is 10.2 Å². The Morgan fingerprint density at radius 3 is 3.00 bits per heavy atom. The van der Waals surface area contributed by atoms with Gasteiger partial charge in [0.1, 0.15) is 0 Å². The number of hydrogen-bond acceptors (Lipinski definition) is 5. The van der Waals surface area contributed by atoms with E-state index in [1.807, 2.05) is 18.2 Å². The fraction of sp³-hybridized carbons (Fsp3) is 0.667. The van der Waals surface area contributed by atoms with E-state index in [-0.39, 0.29) is 6.10 Å². The van der Waals surface area contributed by atoms with Gasteiger partial charge in [0.15, 0.2) is 0 Å². The summed E-state index contributed by atoms with van der Waals surface area (Å²) < 4.78 is 39.0. The zero-order chi connectivity index (χ0) is 16.5. The summed E-state index contributed by atoms with van der Waals surface area (Å²) in [6.07, 6.45) is 3.16. The van der Waals surface area contributed by atoms with Gasteiger partial charge in [0.2, 0.25) is 0 Å². The van der Waals surface area contributed by atoms with Crippen LogP contribution in [-0.4, -0.2) is 67.5 Å². The topological polar surface area (TPSA) is 72.0 Å². The molecule has 2 fully saturated rings. The van der Waals surface area contributed by atoms with Crippen molar-refractivity contribution in [1.29, 1.82) is 0 Å². The molecule has 1 aromatic heterocycles. The number of ether oxygens (including phenoxy) is 2. The number of rotatable bonds is 5. The summed E-state index contributed by atoms with van der Waals surface area (Å²) in [6, 6.07) is 5.72. The van der Waals surface area contributed by atoms with Crippen molar-refractivity contribution in [3.8, 4) is 0 Å². The van der Waals surface area contributed by atoms with E-state index < -0.39 is 15.8 Å². The summed E-state index contributed by atoms with van der Waals surface area (Å²) in [7, 11) is -0.277. The maximum absolute atomic E-state index is 12.2. The third-order valence-corrected chi connectivity index (χ3v) is 6.32. The standard InChI is InChI=1S/C15H23N3O4S/c1-17(2)23(19,20)18-8-6-15(12-18)9-14(11-22-15)21-10-13-5-3-4-7-16-13/h3-5,7,14H,6,8-12H2,1-2H3/t14-,15+/m1/s1. The molecule has 0 amide bonds. The van der Waals surface area contributed by atoms with E-state index in [1.54, 1.807) is 20.3 Å². The summed E-state index contributed by atoms with van der Waals surface area (Å²) in [5, 5.41) is 0. The molecule has 7 nitrogen and oxygen atoms in total. The Bertz CT molecular complexity index is 637. The molecule has 0 aromatic carbocycles. The van der Waals surface area contributed by atoms with Crippen LogP contribution in [0.5, 0.6) is 0 Å². The molecule has 2 atom stereocenters. The van der Waals surface area contributed by atoms with E-state index >= 15 is 0 Å². The predicted octanol–water partition coefficient (Wildman–Crippen LogP) is 0.638. The minimum absolute atomic E-state index is 0.0148. The number of nitrogens with zero attached hydrogens (tertiary/aromatic N) is 3. The van der Waals surface area contributed by atoms with E-state index in [4.69, 9.17) is 9.47 Å². The molecule has 1 aromatic rings. The lowest BCUT2D eigenvalue weighted by Gasteiger charge is -2.24. The van der Waals surface area contributed by atoms with Gasteiger partial charge in [-0.05, 0) is 18.6 Å². The molecule has 3 heterocycles. The highest BCUT2D eigenvalue weighted by atomic mass is 32.2. The van der Waals surface area contributed by atoms with Crippen LogP contribution in [0.25, 0.3) is 0 Å². The summed E-state index contributed by atoms with van der Waals surface area (Å²) in [6.45, 7) is 1.85. The molecule has 0 N–H and O–H groups in total. The number of aromatic nitrogens is 1. The molecule has 0 radical (unpaired) electrons. The van der Waals surface area contributed by atoms with Crippen LogP contribution < -0.4 is 0 Å². The van der Waals surface area contributed by atoms with Gasteiger partial charge in [-0.25, -0.2) is 0 Å². The third kappa shape index (κ3) is 3.56. The Labute approximate surface area is 137 Å². The molecular weight excluding hydrogens is 318 g/mol. The Balaban J connectivity index is 1.56. The summed E-state index contributed by atoms with van der Waals surface area (Å²) in [5.41, 5.74) is 0.481. The normalized spacial score (nSPS) is 28.9. The molecule has 2 saturated heterocycles. The maximum atomic E-state index is 12.2. The lowest BCUT2D eigenvalue weighted by atomic mass is 9.98. The predicted molar refractivity (Wildman–Crippen MR) is 84.9 cm³/mol. The van der Waals surface area contributed by atoms with E-state index in [0.29, 0.717) is 32.7 Å². The fourth-order valence-corrected chi connectivity index (χ4v) is 4.30. The van der Waals surface area contributed by atoms with Crippen LogP contribution in [0.4, 0.5) is 0 Å². The second kappa shape index (κ2) is 6.45. The van der Waals surface area contributed by atoms with Crippen LogP contribution in [0.3, 0.4) is 0 Å². The molecule has 3 rings (SSSR count). The van der Waals surface area contributed by atoms with Gasteiger partial charge in [0, 0.05) is 39.8 Å². The summed E-state index contributed by atoms with van der Waals surface area (Å²) >= 11 is 0. The van der Waals surface area contributed by atoms with E-state index in [0.717, 1.165) is 12.1 Å². The zero-order valence-corrected chi connectivity index (χ0v) is 14.3. The molecule has 0 unspecified atom stereocenters. The van der Waals surface area contributed by atoms with Gasteiger partial charge in [-0.1, -0.05) is 6.07 Å². The van der Waals surface area contributed by atoms with Gasteiger partial charge in [-0.3, -0.25) is 4.98 Å². The highest BCUT2D eigenvalue weighted by molar-refractivity contribution is 7.86. The fourth-order valence-electron chi connectivity index (χ4n) is 3.12. The first-order valence-electron chi connectivity index (χ1n) is 7.74. The van der Waals surface area contributed by atoms with Crippen molar-refractivity contribution in [2.24, 2.45) is 0 Å². The van der Waals surface area contributed by atoms with E-state index in [2.05, 4.69) is 4.98 Å². The van der Waals surface area contributed by atoms with E-state index in [9.17, 15) is 8.42 Å². The van der Waals surface area contributed by atoms with Crippen molar-refractivity contribution in [3.63, 3.8) is 0 Å². The smallest absolute Gasteiger partial charge is 0.281 e.